The van der Waals surface area contributed by atoms with Crippen molar-refractivity contribution in [3.05, 3.63) is 53.7 Å². The molecule has 172 valence electrons. The van der Waals surface area contributed by atoms with Gasteiger partial charge in [0.1, 0.15) is 23.1 Å². The number of aromatic nitrogens is 5. The Bertz CT molecular complexity index is 1160. The number of piperidine rings is 1. The number of ether oxygens (including phenoxy) is 1. The normalized spacial score (nSPS) is 19.9. The number of likely N-dealkylation sites (tertiary alicyclic amines) is 1. The van der Waals surface area contributed by atoms with Gasteiger partial charge in [-0.3, -0.25) is 4.79 Å². The van der Waals surface area contributed by atoms with Crippen LogP contribution in [-0.4, -0.2) is 68.6 Å². The molecule has 33 heavy (non-hydrogen) atoms. The third kappa shape index (κ3) is 3.92. The summed E-state index contributed by atoms with van der Waals surface area (Å²) in [5.74, 6) is 3.26. The first-order valence-electron chi connectivity index (χ1n) is 11.4. The van der Waals surface area contributed by atoms with Crippen LogP contribution in [0.5, 0.6) is 5.75 Å². The Hall–Kier alpha value is -3.49. The fourth-order valence-electron chi connectivity index (χ4n) is 4.71. The molecule has 9 nitrogen and oxygen atoms in total. The van der Waals surface area contributed by atoms with Gasteiger partial charge in [0, 0.05) is 49.3 Å². The van der Waals surface area contributed by atoms with Gasteiger partial charge in [0.25, 0.3) is 5.91 Å². The van der Waals surface area contributed by atoms with Crippen LogP contribution < -0.4 is 9.64 Å². The third-order valence-corrected chi connectivity index (χ3v) is 6.58. The summed E-state index contributed by atoms with van der Waals surface area (Å²) in [7, 11) is 1.60. The highest BCUT2D eigenvalue weighted by atomic mass is 16.5. The lowest BCUT2D eigenvalue weighted by Gasteiger charge is -2.53. The van der Waals surface area contributed by atoms with Gasteiger partial charge >= 0.3 is 0 Å². The van der Waals surface area contributed by atoms with Crippen LogP contribution in [0.1, 0.15) is 48.1 Å². The molecule has 2 aliphatic rings. The molecule has 2 atom stereocenters. The number of carbonyl (C=O) groups is 1. The average molecular weight is 448 g/mol. The number of anilines is 1. The van der Waals surface area contributed by atoms with Crippen LogP contribution in [0.2, 0.25) is 0 Å². The number of carbonyl (C=O) groups excluding carboxylic acids is 1. The molecule has 4 heterocycles. The molecule has 0 N–H and O–H groups in total. The summed E-state index contributed by atoms with van der Waals surface area (Å²) < 4.78 is 5.36. The van der Waals surface area contributed by atoms with E-state index in [4.69, 9.17) is 9.72 Å². The summed E-state index contributed by atoms with van der Waals surface area (Å²) >= 11 is 0. The molecule has 2 aliphatic heterocycles. The van der Waals surface area contributed by atoms with Crippen LogP contribution in [0.3, 0.4) is 0 Å². The maximum Gasteiger partial charge on any atom is 0.256 e. The number of hydrogen-bond donors (Lipinski definition) is 0. The maximum absolute atomic E-state index is 13.6. The lowest BCUT2D eigenvalue weighted by atomic mass is 9.81. The van der Waals surface area contributed by atoms with Crippen molar-refractivity contribution in [3.8, 4) is 11.4 Å². The zero-order valence-corrected chi connectivity index (χ0v) is 19.5. The Morgan fingerprint density at radius 3 is 2.64 bits per heavy atom. The molecule has 0 spiro atoms. The number of fused-ring (bicyclic) bond motifs is 1. The Kier molecular flexibility index (Phi) is 5.47. The van der Waals surface area contributed by atoms with E-state index in [9.17, 15) is 4.79 Å². The minimum Gasteiger partial charge on any atom is -0.497 e. The van der Waals surface area contributed by atoms with Crippen LogP contribution in [0.25, 0.3) is 5.69 Å². The Labute approximate surface area is 193 Å². The van der Waals surface area contributed by atoms with Crippen molar-refractivity contribution in [1.82, 2.24) is 29.9 Å². The number of amides is 1. The first-order valence-corrected chi connectivity index (χ1v) is 11.4. The van der Waals surface area contributed by atoms with Gasteiger partial charge in [-0.1, -0.05) is 13.8 Å². The molecular formula is C24H29N7O2. The van der Waals surface area contributed by atoms with Gasteiger partial charge in [0.15, 0.2) is 0 Å². The highest BCUT2D eigenvalue weighted by Gasteiger charge is 2.46. The van der Waals surface area contributed by atoms with E-state index >= 15 is 0 Å². The van der Waals surface area contributed by atoms with Crippen LogP contribution in [0, 0.1) is 12.8 Å². The summed E-state index contributed by atoms with van der Waals surface area (Å²) in [6.45, 7) is 8.72. The average Bonchev–Trinajstić information content (AvgIpc) is 3.33. The predicted molar refractivity (Wildman–Crippen MR) is 124 cm³/mol. The Morgan fingerprint density at radius 2 is 1.91 bits per heavy atom. The molecule has 0 bridgehead atoms. The van der Waals surface area contributed by atoms with Crippen LogP contribution in [0.15, 0.2) is 36.7 Å². The van der Waals surface area contributed by atoms with Crippen molar-refractivity contribution in [2.75, 3.05) is 31.6 Å². The molecule has 0 radical (unpaired) electrons. The zero-order valence-electron chi connectivity index (χ0n) is 19.5. The standard InChI is InChI=1S/C24H29N7O2/c1-15(2)23-27-16(3)11-22(28-23)29-10-7-17-13-30(21(17)14-29)24(32)19-6-5-18(33-4)12-20(19)31-25-8-9-26-31/h5-6,8-9,11-12,15,17,21H,7,10,13-14H2,1-4H3/t17-,21-/m1/s1. The number of methoxy groups -OCH3 is 1. The zero-order chi connectivity index (χ0) is 23.1. The molecule has 1 aromatic carbocycles. The second-order valence-corrected chi connectivity index (χ2v) is 9.10. The van der Waals surface area contributed by atoms with Crippen molar-refractivity contribution in [2.24, 2.45) is 5.92 Å². The van der Waals surface area contributed by atoms with Crippen molar-refractivity contribution in [3.63, 3.8) is 0 Å². The van der Waals surface area contributed by atoms with E-state index in [0.717, 1.165) is 43.4 Å². The SMILES string of the molecule is COc1ccc(C(=O)N2C[C@H]3CCN(c4cc(C)nc(C(C)C)n4)C[C@H]32)c(-n2nccn2)c1. The van der Waals surface area contributed by atoms with Gasteiger partial charge in [-0.15, -0.1) is 0 Å². The highest BCUT2D eigenvalue weighted by molar-refractivity contribution is 5.98. The van der Waals surface area contributed by atoms with E-state index in [2.05, 4.69) is 33.9 Å². The number of rotatable bonds is 5. The smallest absolute Gasteiger partial charge is 0.256 e. The molecule has 2 fully saturated rings. The van der Waals surface area contributed by atoms with Crippen LogP contribution in [-0.2, 0) is 0 Å². The predicted octanol–water partition coefficient (Wildman–Crippen LogP) is 2.85. The molecule has 0 unspecified atom stereocenters. The van der Waals surface area contributed by atoms with E-state index in [1.165, 1.54) is 4.80 Å². The fraction of sp³-hybridized carbons (Fsp3) is 0.458. The second-order valence-electron chi connectivity index (χ2n) is 9.10. The Morgan fingerprint density at radius 1 is 1.12 bits per heavy atom. The number of hydrogen-bond acceptors (Lipinski definition) is 7. The quantitative estimate of drug-likeness (QED) is 0.594. The summed E-state index contributed by atoms with van der Waals surface area (Å²) in [4.78, 5) is 28.7. The molecule has 9 heteroatoms. The Balaban J connectivity index is 1.39. The van der Waals surface area contributed by atoms with E-state index < -0.39 is 0 Å². The maximum atomic E-state index is 13.6. The molecule has 1 amide bonds. The molecule has 0 aliphatic carbocycles. The summed E-state index contributed by atoms with van der Waals surface area (Å²) in [5, 5.41) is 8.46. The van der Waals surface area contributed by atoms with Crippen molar-refractivity contribution in [1.29, 1.82) is 0 Å². The minimum absolute atomic E-state index is 0.00482. The third-order valence-electron chi connectivity index (χ3n) is 6.58. The van der Waals surface area contributed by atoms with E-state index in [1.54, 1.807) is 31.6 Å². The van der Waals surface area contributed by atoms with E-state index in [1.807, 2.05) is 24.0 Å². The largest absolute Gasteiger partial charge is 0.497 e. The van der Waals surface area contributed by atoms with Gasteiger partial charge in [-0.25, -0.2) is 9.97 Å². The number of benzene rings is 1. The van der Waals surface area contributed by atoms with Gasteiger partial charge < -0.3 is 14.5 Å². The topological polar surface area (TPSA) is 89.3 Å². The summed E-state index contributed by atoms with van der Waals surface area (Å²) in [6.07, 6.45) is 4.24. The molecule has 2 saturated heterocycles. The molecule has 3 aromatic rings. The van der Waals surface area contributed by atoms with Gasteiger partial charge in [-0.2, -0.15) is 15.0 Å². The molecular weight excluding hydrogens is 418 g/mol. The molecule has 0 saturated carbocycles. The number of nitrogens with zero attached hydrogens (tertiary/aromatic N) is 7. The van der Waals surface area contributed by atoms with Crippen molar-refractivity contribution < 1.29 is 9.53 Å². The van der Waals surface area contributed by atoms with Gasteiger partial charge in [-0.05, 0) is 25.5 Å². The van der Waals surface area contributed by atoms with E-state index in [0.29, 0.717) is 22.9 Å². The monoisotopic (exact) mass is 447 g/mol. The van der Waals surface area contributed by atoms with Crippen LogP contribution in [0.4, 0.5) is 5.82 Å². The minimum atomic E-state index is -0.00482. The first-order chi connectivity index (χ1) is 15.9. The van der Waals surface area contributed by atoms with Gasteiger partial charge in [0.2, 0.25) is 0 Å². The first kappa shape index (κ1) is 21.4. The molecule has 5 rings (SSSR count). The molecule has 2 aromatic heterocycles. The highest BCUT2D eigenvalue weighted by Crippen LogP contribution is 2.36. The van der Waals surface area contributed by atoms with Crippen molar-refractivity contribution >= 4 is 11.7 Å². The summed E-state index contributed by atoms with van der Waals surface area (Å²) in [6, 6.07) is 7.61. The lowest BCUT2D eigenvalue weighted by Crippen LogP contribution is -2.66. The van der Waals surface area contributed by atoms with Gasteiger partial charge in [0.05, 0.1) is 31.1 Å². The second kappa shape index (κ2) is 8.46. The fourth-order valence-corrected chi connectivity index (χ4v) is 4.71. The van der Waals surface area contributed by atoms with Crippen molar-refractivity contribution in [2.45, 2.75) is 39.2 Å². The van der Waals surface area contributed by atoms with E-state index in [-0.39, 0.29) is 17.9 Å². The van der Waals surface area contributed by atoms with Crippen LogP contribution >= 0.6 is 0 Å². The number of aryl methyl sites for hydroxylation is 1. The lowest BCUT2D eigenvalue weighted by molar-refractivity contribution is 0.00777. The summed E-state index contributed by atoms with van der Waals surface area (Å²) in [5.41, 5.74) is 2.16.